The van der Waals surface area contributed by atoms with Crippen LogP contribution in [-0.4, -0.2) is 61.8 Å². The van der Waals surface area contributed by atoms with Crippen LogP contribution in [0.4, 0.5) is 0 Å². The minimum atomic E-state index is 0.540. The van der Waals surface area contributed by atoms with Gasteiger partial charge in [0.1, 0.15) is 0 Å². The molecule has 17 heavy (non-hydrogen) atoms. The molecule has 1 atom stereocenters. The monoisotopic (exact) mass is 260 g/mol. The van der Waals surface area contributed by atoms with Crippen molar-refractivity contribution in [3.8, 4) is 0 Å². The van der Waals surface area contributed by atoms with Crippen LogP contribution in [0.5, 0.6) is 0 Å². The van der Waals surface area contributed by atoms with Gasteiger partial charge in [-0.3, -0.25) is 4.90 Å². The molecule has 1 heterocycles. The molecule has 3 nitrogen and oxygen atoms in total. The standard InChI is InChI=1S/C13H28N2OS/c1-4-15(12(2)11-16-3)9-10-17-13-5-7-14-8-6-13/h12-14H,4-11H2,1-3H3. The van der Waals surface area contributed by atoms with Gasteiger partial charge in [-0.2, -0.15) is 11.8 Å². The predicted octanol–water partition coefficient (Wildman–Crippen LogP) is 1.83. The number of rotatable bonds is 8. The zero-order valence-electron chi connectivity index (χ0n) is 11.6. The fourth-order valence-corrected chi connectivity index (χ4v) is 3.58. The van der Waals surface area contributed by atoms with Crippen LogP contribution in [0.15, 0.2) is 0 Å². The van der Waals surface area contributed by atoms with Crippen molar-refractivity contribution in [1.82, 2.24) is 10.2 Å². The SMILES string of the molecule is CCN(CCSC1CCNCC1)C(C)COC. The molecule has 1 saturated heterocycles. The maximum absolute atomic E-state index is 5.23. The van der Waals surface area contributed by atoms with E-state index in [0.29, 0.717) is 6.04 Å². The first-order valence-electron chi connectivity index (χ1n) is 6.83. The van der Waals surface area contributed by atoms with Crippen molar-refractivity contribution >= 4 is 11.8 Å². The van der Waals surface area contributed by atoms with Crippen molar-refractivity contribution < 1.29 is 4.74 Å². The summed E-state index contributed by atoms with van der Waals surface area (Å²) in [6, 6.07) is 0.540. The van der Waals surface area contributed by atoms with Crippen LogP contribution in [0.25, 0.3) is 0 Å². The van der Waals surface area contributed by atoms with E-state index in [4.69, 9.17) is 4.74 Å². The van der Waals surface area contributed by atoms with Crippen molar-refractivity contribution in [2.24, 2.45) is 0 Å². The summed E-state index contributed by atoms with van der Waals surface area (Å²) in [4.78, 5) is 2.51. The minimum absolute atomic E-state index is 0.540. The minimum Gasteiger partial charge on any atom is -0.383 e. The number of thioether (sulfide) groups is 1. The molecule has 0 aromatic heterocycles. The van der Waals surface area contributed by atoms with Gasteiger partial charge in [0.05, 0.1) is 6.61 Å². The van der Waals surface area contributed by atoms with E-state index in [9.17, 15) is 0 Å². The molecule has 102 valence electrons. The second kappa shape index (κ2) is 9.20. The molecule has 4 heteroatoms. The summed E-state index contributed by atoms with van der Waals surface area (Å²) < 4.78 is 5.23. The molecule has 1 fully saturated rings. The summed E-state index contributed by atoms with van der Waals surface area (Å²) >= 11 is 2.15. The third-order valence-corrected chi connectivity index (χ3v) is 4.82. The highest BCUT2D eigenvalue weighted by Crippen LogP contribution is 2.20. The molecule has 0 aromatic rings. The van der Waals surface area contributed by atoms with E-state index in [1.807, 2.05) is 0 Å². The first-order valence-corrected chi connectivity index (χ1v) is 7.88. The second-order valence-electron chi connectivity index (χ2n) is 4.75. The number of piperidine rings is 1. The van der Waals surface area contributed by atoms with Crippen molar-refractivity contribution in [2.45, 2.75) is 38.0 Å². The fraction of sp³-hybridized carbons (Fsp3) is 1.00. The third-order valence-electron chi connectivity index (χ3n) is 3.46. The molecule has 0 aliphatic carbocycles. The zero-order chi connectivity index (χ0) is 12.5. The summed E-state index contributed by atoms with van der Waals surface area (Å²) in [7, 11) is 1.79. The van der Waals surface area contributed by atoms with Gasteiger partial charge in [-0.15, -0.1) is 0 Å². The summed E-state index contributed by atoms with van der Waals surface area (Å²) in [6.45, 7) is 10.0. The van der Waals surface area contributed by atoms with E-state index in [0.717, 1.165) is 18.4 Å². The molecular weight excluding hydrogens is 232 g/mol. The van der Waals surface area contributed by atoms with Gasteiger partial charge in [0, 0.05) is 30.7 Å². The molecule has 1 aliphatic rings. The molecule has 1 unspecified atom stereocenters. The number of nitrogens with zero attached hydrogens (tertiary/aromatic N) is 1. The molecule has 0 spiro atoms. The Morgan fingerprint density at radius 2 is 2.12 bits per heavy atom. The number of hydrogen-bond acceptors (Lipinski definition) is 4. The largest absolute Gasteiger partial charge is 0.383 e. The van der Waals surface area contributed by atoms with Gasteiger partial charge in [0.15, 0.2) is 0 Å². The lowest BCUT2D eigenvalue weighted by atomic mass is 10.2. The summed E-state index contributed by atoms with van der Waals surface area (Å²) in [6.07, 6.45) is 2.68. The maximum atomic E-state index is 5.23. The second-order valence-corrected chi connectivity index (χ2v) is 6.16. The molecule has 0 radical (unpaired) electrons. The Bertz CT molecular complexity index is 186. The Morgan fingerprint density at radius 3 is 2.71 bits per heavy atom. The number of nitrogens with one attached hydrogen (secondary N) is 1. The number of likely N-dealkylation sites (N-methyl/N-ethyl adjacent to an activating group) is 1. The topological polar surface area (TPSA) is 24.5 Å². The summed E-state index contributed by atoms with van der Waals surface area (Å²) in [5.41, 5.74) is 0. The van der Waals surface area contributed by atoms with Gasteiger partial charge in [-0.25, -0.2) is 0 Å². The average Bonchev–Trinajstić information content (AvgIpc) is 2.36. The van der Waals surface area contributed by atoms with Crippen molar-refractivity contribution in [3.63, 3.8) is 0 Å². The lowest BCUT2D eigenvalue weighted by molar-refractivity contribution is 0.107. The number of hydrogen-bond donors (Lipinski definition) is 1. The Labute approximate surface area is 111 Å². The first kappa shape index (κ1) is 15.3. The van der Waals surface area contributed by atoms with E-state index in [2.05, 4.69) is 35.8 Å². The number of methoxy groups -OCH3 is 1. The Hall–Kier alpha value is 0.230. The van der Waals surface area contributed by atoms with Gasteiger partial charge in [0.25, 0.3) is 0 Å². The van der Waals surface area contributed by atoms with Crippen LogP contribution in [0.1, 0.15) is 26.7 Å². The number of ether oxygens (including phenoxy) is 1. The van der Waals surface area contributed by atoms with Gasteiger partial charge in [-0.1, -0.05) is 6.92 Å². The Kier molecular flexibility index (Phi) is 8.27. The van der Waals surface area contributed by atoms with Crippen molar-refractivity contribution in [2.75, 3.05) is 45.6 Å². The van der Waals surface area contributed by atoms with Crippen LogP contribution in [0, 0.1) is 0 Å². The highest BCUT2D eigenvalue weighted by Gasteiger charge is 2.15. The maximum Gasteiger partial charge on any atom is 0.0615 e. The van der Waals surface area contributed by atoms with Gasteiger partial charge in [0.2, 0.25) is 0 Å². The van der Waals surface area contributed by atoms with Crippen LogP contribution < -0.4 is 5.32 Å². The highest BCUT2D eigenvalue weighted by atomic mass is 32.2. The lowest BCUT2D eigenvalue weighted by Gasteiger charge is -2.28. The zero-order valence-corrected chi connectivity index (χ0v) is 12.4. The normalized spacial score (nSPS) is 19.8. The van der Waals surface area contributed by atoms with E-state index >= 15 is 0 Å². The van der Waals surface area contributed by atoms with Crippen LogP contribution in [0.2, 0.25) is 0 Å². The quantitative estimate of drug-likeness (QED) is 0.719. The van der Waals surface area contributed by atoms with E-state index in [1.165, 1.54) is 38.2 Å². The van der Waals surface area contributed by atoms with Crippen molar-refractivity contribution in [3.05, 3.63) is 0 Å². The molecule has 0 saturated carbocycles. The molecule has 1 aliphatic heterocycles. The van der Waals surface area contributed by atoms with Gasteiger partial charge < -0.3 is 10.1 Å². The van der Waals surface area contributed by atoms with E-state index < -0.39 is 0 Å². The fourth-order valence-electron chi connectivity index (χ4n) is 2.34. The van der Waals surface area contributed by atoms with Gasteiger partial charge in [-0.05, 0) is 39.4 Å². The lowest BCUT2D eigenvalue weighted by Crippen LogP contribution is -2.38. The molecule has 0 amide bonds. The predicted molar refractivity (Wildman–Crippen MR) is 76.9 cm³/mol. The van der Waals surface area contributed by atoms with Crippen LogP contribution in [-0.2, 0) is 4.74 Å². The molecule has 1 rings (SSSR count). The average molecular weight is 260 g/mol. The van der Waals surface area contributed by atoms with Crippen molar-refractivity contribution in [1.29, 1.82) is 0 Å². The smallest absolute Gasteiger partial charge is 0.0615 e. The highest BCUT2D eigenvalue weighted by molar-refractivity contribution is 7.99. The first-order chi connectivity index (χ1) is 8.27. The molecule has 1 N–H and O–H groups in total. The summed E-state index contributed by atoms with van der Waals surface area (Å²) in [5, 5.41) is 4.30. The molecular formula is C13H28N2OS. The third kappa shape index (κ3) is 6.09. The Morgan fingerprint density at radius 1 is 1.41 bits per heavy atom. The molecule has 0 aromatic carbocycles. The molecule has 0 bridgehead atoms. The van der Waals surface area contributed by atoms with Gasteiger partial charge >= 0.3 is 0 Å². The van der Waals surface area contributed by atoms with Crippen LogP contribution in [0.3, 0.4) is 0 Å². The van der Waals surface area contributed by atoms with E-state index in [-0.39, 0.29) is 0 Å². The van der Waals surface area contributed by atoms with Crippen LogP contribution >= 0.6 is 11.8 Å². The van der Waals surface area contributed by atoms with E-state index in [1.54, 1.807) is 7.11 Å². The summed E-state index contributed by atoms with van der Waals surface area (Å²) in [5.74, 6) is 1.26. The Balaban J connectivity index is 2.13.